The van der Waals surface area contributed by atoms with Crippen LogP contribution in [-0.4, -0.2) is 36.5 Å². The van der Waals surface area contributed by atoms with E-state index < -0.39 is 23.4 Å². The SMILES string of the molecule is N#Cc1ccccc1NC(=O)COC(=O)c1ccc(N2CCCC2)c([N+](=O)[O-])c1. The molecule has 9 heteroatoms. The molecule has 0 spiro atoms. The lowest BCUT2D eigenvalue weighted by Crippen LogP contribution is -2.22. The minimum atomic E-state index is -0.843. The molecule has 0 saturated carbocycles. The normalized spacial score (nSPS) is 12.9. The van der Waals surface area contributed by atoms with Gasteiger partial charge in [-0.1, -0.05) is 12.1 Å². The number of ether oxygens (including phenoxy) is 1. The molecule has 0 aliphatic carbocycles. The largest absolute Gasteiger partial charge is 0.452 e. The molecule has 1 aliphatic heterocycles. The molecule has 29 heavy (non-hydrogen) atoms. The van der Waals surface area contributed by atoms with Gasteiger partial charge in [-0.3, -0.25) is 14.9 Å². The van der Waals surface area contributed by atoms with Gasteiger partial charge in [-0.15, -0.1) is 0 Å². The Morgan fingerprint density at radius 1 is 1.21 bits per heavy atom. The second-order valence-corrected chi connectivity index (χ2v) is 6.44. The van der Waals surface area contributed by atoms with Crippen molar-refractivity contribution in [3.8, 4) is 6.07 Å². The van der Waals surface area contributed by atoms with Crippen LogP contribution in [0.2, 0.25) is 0 Å². The van der Waals surface area contributed by atoms with E-state index in [1.54, 1.807) is 24.3 Å². The monoisotopic (exact) mass is 394 g/mol. The molecule has 1 N–H and O–H groups in total. The van der Waals surface area contributed by atoms with E-state index >= 15 is 0 Å². The number of esters is 1. The Bertz CT molecular complexity index is 993. The summed E-state index contributed by atoms with van der Waals surface area (Å²) in [7, 11) is 0. The molecule has 1 fully saturated rings. The number of nitrogens with zero attached hydrogens (tertiary/aromatic N) is 3. The van der Waals surface area contributed by atoms with Crippen LogP contribution in [0.25, 0.3) is 0 Å². The van der Waals surface area contributed by atoms with Crippen LogP contribution in [0, 0.1) is 21.4 Å². The van der Waals surface area contributed by atoms with Gasteiger partial charge in [-0.05, 0) is 37.1 Å². The van der Waals surface area contributed by atoms with Crippen molar-refractivity contribution in [3.63, 3.8) is 0 Å². The average molecular weight is 394 g/mol. The fourth-order valence-corrected chi connectivity index (χ4v) is 3.11. The summed E-state index contributed by atoms with van der Waals surface area (Å²) in [4.78, 5) is 37.0. The van der Waals surface area contributed by atoms with Crippen molar-refractivity contribution in [1.29, 1.82) is 5.26 Å². The van der Waals surface area contributed by atoms with Gasteiger partial charge in [-0.2, -0.15) is 5.26 Å². The summed E-state index contributed by atoms with van der Waals surface area (Å²) in [6, 6.07) is 12.5. The lowest BCUT2D eigenvalue weighted by molar-refractivity contribution is -0.384. The topological polar surface area (TPSA) is 126 Å². The maximum atomic E-state index is 12.2. The van der Waals surface area contributed by atoms with E-state index in [2.05, 4.69) is 5.32 Å². The van der Waals surface area contributed by atoms with Crippen LogP contribution >= 0.6 is 0 Å². The van der Waals surface area contributed by atoms with Crippen molar-refractivity contribution in [1.82, 2.24) is 0 Å². The number of nitrogens with one attached hydrogen (secondary N) is 1. The maximum absolute atomic E-state index is 12.2. The van der Waals surface area contributed by atoms with E-state index in [-0.39, 0.29) is 16.8 Å². The van der Waals surface area contributed by atoms with Crippen LogP contribution in [-0.2, 0) is 9.53 Å². The minimum Gasteiger partial charge on any atom is -0.452 e. The van der Waals surface area contributed by atoms with Crippen LogP contribution in [0.15, 0.2) is 42.5 Å². The summed E-state index contributed by atoms with van der Waals surface area (Å²) >= 11 is 0. The van der Waals surface area contributed by atoms with Gasteiger partial charge in [0.05, 0.1) is 21.7 Å². The number of nitro groups is 1. The molecule has 1 saturated heterocycles. The quantitative estimate of drug-likeness (QED) is 0.453. The number of amides is 1. The summed E-state index contributed by atoms with van der Waals surface area (Å²) < 4.78 is 4.97. The first-order valence-electron chi connectivity index (χ1n) is 8.99. The van der Waals surface area contributed by atoms with Crippen LogP contribution in [0.5, 0.6) is 0 Å². The second kappa shape index (κ2) is 8.84. The molecule has 0 radical (unpaired) electrons. The van der Waals surface area contributed by atoms with Crippen LogP contribution in [0.4, 0.5) is 17.1 Å². The van der Waals surface area contributed by atoms with Crippen molar-refractivity contribution in [2.45, 2.75) is 12.8 Å². The molecule has 1 heterocycles. The number of carbonyl (C=O) groups is 2. The Kier molecular flexibility index (Phi) is 6.04. The predicted molar refractivity (Wildman–Crippen MR) is 105 cm³/mol. The smallest absolute Gasteiger partial charge is 0.338 e. The maximum Gasteiger partial charge on any atom is 0.338 e. The molecule has 1 amide bonds. The molecule has 0 unspecified atom stereocenters. The van der Waals surface area contributed by atoms with Crippen molar-refractivity contribution >= 4 is 28.9 Å². The summed E-state index contributed by atoms with van der Waals surface area (Å²) in [6.07, 6.45) is 1.93. The zero-order valence-corrected chi connectivity index (χ0v) is 15.5. The summed E-state index contributed by atoms with van der Waals surface area (Å²) in [6.45, 7) is 0.879. The van der Waals surface area contributed by atoms with Gasteiger partial charge in [0.15, 0.2) is 6.61 Å². The van der Waals surface area contributed by atoms with Gasteiger partial charge in [0, 0.05) is 19.2 Å². The molecule has 148 valence electrons. The lowest BCUT2D eigenvalue weighted by atomic mass is 10.1. The van der Waals surface area contributed by atoms with E-state index in [1.165, 1.54) is 18.2 Å². The molecular weight excluding hydrogens is 376 g/mol. The highest BCUT2D eigenvalue weighted by atomic mass is 16.6. The third kappa shape index (κ3) is 4.68. The van der Waals surface area contributed by atoms with E-state index in [9.17, 15) is 19.7 Å². The van der Waals surface area contributed by atoms with Crippen LogP contribution in [0.3, 0.4) is 0 Å². The summed E-state index contributed by atoms with van der Waals surface area (Å²) in [5, 5.41) is 22.9. The van der Waals surface area contributed by atoms with E-state index in [1.807, 2.05) is 11.0 Å². The van der Waals surface area contributed by atoms with Crippen molar-refractivity contribution in [2.24, 2.45) is 0 Å². The number of rotatable bonds is 6. The van der Waals surface area contributed by atoms with Gasteiger partial charge in [-0.25, -0.2) is 4.79 Å². The molecule has 0 bridgehead atoms. The first-order chi connectivity index (χ1) is 14.0. The van der Waals surface area contributed by atoms with E-state index in [0.29, 0.717) is 11.4 Å². The number of benzene rings is 2. The number of carbonyl (C=O) groups excluding carboxylic acids is 2. The first-order valence-corrected chi connectivity index (χ1v) is 8.99. The molecule has 2 aromatic carbocycles. The number of nitriles is 1. The number of hydrogen-bond donors (Lipinski definition) is 1. The number of anilines is 2. The van der Waals surface area contributed by atoms with Crippen molar-refractivity contribution in [2.75, 3.05) is 29.9 Å². The Labute approximate surface area is 166 Å². The molecular formula is C20H18N4O5. The molecule has 2 aromatic rings. The van der Waals surface area contributed by atoms with Gasteiger partial charge in [0.25, 0.3) is 11.6 Å². The zero-order valence-electron chi connectivity index (χ0n) is 15.5. The van der Waals surface area contributed by atoms with E-state index in [4.69, 9.17) is 10.00 Å². The molecule has 0 atom stereocenters. The highest BCUT2D eigenvalue weighted by molar-refractivity contribution is 5.96. The lowest BCUT2D eigenvalue weighted by Gasteiger charge is -2.17. The molecule has 1 aliphatic rings. The Hall–Kier alpha value is -3.93. The Balaban J connectivity index is 1.66. The Morgan fingerprint density at radius 2 is 1.93 bits per heavy atom. The fraction of sp³-hybridized carbons (Fsp3) is 0.250. The average Bonchev–Trinajstić information content (AvgIpc) is 3.26. The van der Waals surface area contributed by atoms with Crippen molar-refractivity contribution < 1.29 is 19.2 Å². The van der Waals surface area contributed by atoms with Gasteiger partial charge in [0.2, 0.25) is 0 Å². The standard InChI is InChI=1S/C20H18N4O5/c21-12-15-5-1-2-6-16(15)22-19(25)13-29-20(26)14-7-8-17(18(11-14)24(27)28)23-9-3-4-10-23/h1-2,5-8,11H,3-4,9-10,13H2,(H,22,25). The predicted octanol–water partition coefficient (Wildman–Crippen LogP) is 2.86. The zero-order chi connectivity index (χ0) is 20.8. The minimum absolute atomic E-state index is 0.00938. The highest BCUT2D eigenvalue weighted by Crippen LogP contribution is 2.31. The number of para-hydroxylation sites is 1. The molecule has 0 aromatic heterocycles. The van der Waals surface area contributed by atoms with Gasteiger partial charge in [0.1, 0.15) is 11.8 Å². The second-order valence-electron chi connectivity index (χ2n) is 6.44. The third-order valence-corrected chi connectivity index (χ3v) is 4.51. The fourth-order valence-electron chi connectivity index (χ4n) is 3.11. The Morgan fingerprint density at radius 3 is 2.62 bits per heavy atom. The van der Waals surface area contributed by atoms with Crippen LogP contribution < -0.4 is 10.2 Å². The number of hydrogen-bond acceptors (Lipinski definition) is 7. The van der Waals surface area contributed by atoms with Crippen LogP contribution in [0.1, 0.15) is 28.8 Å². The summed E-state index contributed by atoms with van der Waals surface area (Å²) in [5.74, 6) is -1.46. The number of nitro benzene ring substituents is 1. The summed E-state index contributed by atoms with van der Waals surface area (Å²) in [5.41, 5.74) is 0.871. The molecule has 9 nitrogen and oxygen atoms in total. The van der Waals surface area contributed by atoms with Gasteiger partial charge >= 0.3 is 5.97 Å². The third-order valence-electron chi connectivity index (χ3n) is 4.51. The molecule has 3 rings (SSSR count). The highest BCUT2D eigenvalue weighted by Gasteiger charge is 2.24. The van der Waals surface area contributed by atoms with E-state index in [0.717, 1.165) is 25.9 Å². The van der Waals surface area contributed by atoms with Gasteiger partial charge < -0.3 is 15.0 Å². The first kappa shape index (κ1) is 19.8. The van der Waals surface area contributed by atoms with Crippen molar-refractivity contribution in [3.05, 3.63) is 63.7 Å².